The van der Waals surface area contributed by atoms with Crippen LogP contribution in [0, 0.1) is 0 Å². The van der Waals surface area contributed by atoms with Gasteiger partial charge in [0.1, 0.15) is 0 Å². The molecule has 0 N–H and O–H groups in total. The minimum absolute atomic E-state index is 0.536. The lowest BCUT2D eigenvalue weighted by Crippen LogP contribution is -2.18. The fourth-order valence-electron chi connectivity index (χ4n) is 0.187. The van der Waals surface area contributed by atoms with Gasteiger partial charge in [0.15, 0.2) is 0 Å². The lowest BCUT2D eigenvalue weighted by atomic mass is 11.1. The lowest BCUT2D eigenvalue weighted by Gasteiger charge is -2.03. The number of carbonyl (C=O) groups excluding carboxylic acids is 1. The van der Waals surface area contributed by atoms with E-state index >= 15 is 0 Å². The van der Waals surface area contributed by atoms with E-state index in [1.165, 1.54) is 0 Å². The van der Waals surface area contributed by atoms with Crippen LogP contribution in [-0.4, -0.2) is 12.5 Å². The van der Waals surface area contributed by atoms with Crippen molar-refractivity contribution in [2.75, 3.05) is 0 Å². The minimum atomic E-state index is -5.00. The van der Waals surface area contributed by atoms with E-state index in [1.54, 1.807) is 0 Å². The van der Waals surface area contributed by atoms with Crippen LogP contribution in [0.15, 0.2) is 26.0 Å². The molecule has 6 heteroatoms. The maximum atomic E-state index is 11.1. The van der Waals surface area contributed by atoms with Gasteiger partial charge in [-0.1, -0.05) is 6.58 Å². The van der Waals surface area contributed by atoms with E-state index in [0.717, 1.165) is 0 Å². The van der Waals surface area contributed by atoms with Crippen LogP contribution in [-0.2, 0) is 9.47 Å². The summed E-state index contributed by atoms with van der Waals surface area (Å²) in [5.74, 6) is 0. The van der Waals surface area contributed by atoms with E-state index in [-0.39, 0.29) is 0 Å². The molecular weight excluding hydrogens is 177 g/mol. The maximum Gasteiger partial charge on any atom is 0.577 e. The van der Waals surface area contributed by atoms with Crippen molar-refractivity contribution < 1.29 is 27.4 Å². The molecule has 0 aromatic heterocycles. The third-order valence-corrected chi connectivity index (χ3v) is 0.379. The topological polar surface area (TPSA) is 35.5 Å². The molecule has 0 amide bonds. The molecule has 0 saturated carbocycles. The Morgan fingerprint density at radius 3 is 2.00 bits per heavy atom. The second kappa shape index (κ2) is 6.26. The first-order chi connectivity index (χ1) is 5.45. The standard InChI is InChI=1S/C4H3F3O3.C2H4/c1-2-9-3(8)10-4(5,6)7;1-2/h2H,1H2;1-2H2. The van der Waals surface area contributed by atoms with Gasteiger partial charge in [0, 0.05) is 0 Å². The molecule has 0 aliphatic rings. The Bertz CT molecular complexity index is 153. The van der Waals surface area contributed by atoms with Gasteiger partial charge >= 0.3 is 12.5 Å². The van der Waals surface area contributed by atoms with Crippen molar-refractivity contribution in [3.05, 3.63) is 26.0 Å². The van der Waals surface area contributed by atoms with Crippen molar-refractivity contribution >= 4 is 6.16 Å². The van der Waals surface area contributed by atoms with Crippen molar-refractivity contribution in [3.63, 3.8) is 0 Å². The van der Waals surface area contributed by atoms with Crippen LogP contribution in [0.4, 0.5) is 18.0 Å². The second-order valence-corrected chi connectivity index (χ2v) is 1.08. The fourth-order valence-corrected chi connectivity index (χ4v) is 0.187. The first kappa shape index (κ1) is 13.2. The van der Waals surface area contributed by atoms with Gasteiger partial charge in [-0.2, -0.15) is 0 Å². The zero-order valence-corrected chi connectivity index (χ0v) is 6.06. The van der Waals surface area contributed by atoms with Gasteiger partial charge in [0.2, 0.25) is 0 Å². The number of ether oxygens (including phenoxy) is 2. The first-order valence-electron chi connectivity index (χ1n) is 2.53. The van der Waals surface area contributed by atoms with E-state index in [4.69, 9.17) is 0 Å². The highest BCUT2D eigenvalue weighted by molar-refractivity contribution is 5.60. The summed E-state index contributed by atoms with van der Waals surface area (Å²) in [6, 6.07) is 0. The van der Waals surface area contributed by atoms with Crippen LogP contribution in [0.5, 0.6) is 0 Å². The maximum absolute atomic E-state index is 11.1. The van der Waals surface area contributed by atoms with E-state index in [1.807, 2.05) is 0 Å². The molecule has 0 spiro atoms. The monoisotopic (exact) mass is 184 g/mol. The van der Waals surface area contributed by atoms with Crippen molar-refractivity contribution in [3.8, 4) is 0 Å². The van der Waals surface area contributed by atoms with Crippen molar-refractivity contribution in [1.82, 2.24) is 0 Å². The Labute approximate surface area is 67.1 Å². The normalized spacial score (nSPS) is 8.92. The Morgan fingerprint density at radius 2 is 1.75 bits per heavy atom. The van der Waals surface area contributed by atoms with Crippen LogP contribution in [0.1, 0.15) is 0 Å². The summed E-state index contributed by atoms with van der Waals surface area (Å²) in [6.07, 6.45) is -6.31. The number of hydrogen-bond acceptors (Lipinski definition) is 3. The number of rotatable bonds is 1. The van der Waals surface area contributed by atoms with Gasteiger partial charge in [-0.05, 0) is 0 Å². The smallest absolute Gasteiger partial charge is 0.403 e. The number of alkyl halides is 3. The molecule has 0 atom stereocenters. The molecule has 0 bridgehead atoms. The Hall–Kier alpha value is -1.46. The highest BCUT2D eigenvalue weighted by Crippen LogP contribution is 2.16. The molecule has 70 valence electrons. The van der Waals surface area contributed by atoms with Gasteiger partial charge in [-0.3, -0.25) is 0 Å². The quantitative estimate of drug-likeness (QED) is 0.357. The molecule has 0 rings (SSSR count). The van der Waals surface area contributed by atoms with E-state index in [2.05, 4.69) is 29.2 Å². The van der Waals surface area contributed by atoms with E-state index in [0.29, 0.717) is 6.26 Å². The van der Waals surface area contributed by atoms with Gasteiger partial charge in [0.05, 0.1) is 6.26 Å². The zero-order chi connectivity index (χ0) is 10.2. The van der Waals surface area contributed by atoms with Crippen molar-refractivity contribution in [2.45, 2.75) is 6.36 Å². The summed E-state index contributed by atoms with van der Waals surface area (Å²) in [5.41, 5.74) is 0. The highest BCUT2D eigenvalue weighted by Gasteiger charge is 2.34. The average molecular weight is 184 g/mol. The largest absolute Gasteiger partial charge is 0.577 e. The number of halogens is 3. The van der Waals surface area contributed by atoms with Crippen LogP contribution >= 0.6 is 0 Å². The summed E-state index contributed by atoms with van der Waals surface area (Å²) >= 11 is 0. The molecule has 0 aliphatic heterocycles. The van der Waals surface area contributed by atoms with Crippen molar-refractivity contribution in [1.29, 1.82) is 0 Å². The molecule has 0 heterocycles. The molecule has 3 nitrogen and oxygen atoms in total. The number of hydrogen-bond donors (Lipinski definition) is 0. The second-order valence-electron chi connectivity index (χ2n) is 1.08. The third kappa shape index (κ3) is 11.4. The van der Waals surface area contributed by atoms with Crippen LogP contribution in [0.25, 0.3) is 0 Å². The molecule has 0 aromatic rings. The Kier molecular flexibility index (Phi) is 6.86. The summed E-state index contributed by atoms with van der Waals surface area (Å²) in [6.45, 7) is 8.84. The summed E-state index contributed by atoms with van der Waals surface area (Å²) in [7, 11) is 0. The molecule has 0 aromatic carbocycles. The van der Waals surface area contributed by atoms with Crippen LogP contribution in [0.3, 0.4) is 0 Å². The summed E-state index contributed by atoms with van der Waals surface area (Å²) in [4.78, 5) is 9.82. The lowest BCUT2D eigenvalue weighted by molar-refractivity contribution is -0.297. The highest BCUT2D eigenvalue weighted by atomic mass is 19.4. The van der Waals surface area contributed by atoms with Gasteiger partial charge < -0.3 is 9.47 Å². The number of carbonyl (C=O) groups is 1. The molecular formula is C6H7F3O3. The van der Waals surface area contributed by atoms with E-state index in [9.17, 15) is 18.0 Å². The van der Waals surface area contributed by atoms with Crippen LogP contribution in [0.2, 0.25) is 0 Å². The van der Waals surface area contributed by atoms with Crippen LogP contribution < -0.4 is 0 Å². The zero-order valence-electron chi connectivity index (χ0n) is 6.06. The molecule has 0 saturated heterocycles. The molecule has 0 unspecified atom stereocenters. The fraction of sp³-hybridized carbons (Fsp3) is 0.167. The predicted molar refractivity (Wildman–Crippen MR) is 35.1 cm³/mol. The minimum Gasteiger partial charge on any atom is -0.403 e. The summed E-state index contributed by atoms with van der Waals surface area (Å²) < 4.78 is 39.6. The summed E-state index contributed by atoms with van der Waals surface area (Å²) in [5, 5.41) is 0. The molecule has 0 aliphatic carbocycles. The Morgan fingerprint density at radius 1 is 1.33 bits per heavy atom. The van der Waals surface area contributed by atoms with E-state index < -0.39 is 12.5 Å². The third-order valence-electron chi connectivity index (χ3n) is 0.379. The van der Waals surface area contributed by atoms with Gasteiger partial charge in [0.25, 0.3) is 0 Å². The molecule has 0 radical (unpaired) electrons. The van der Waals surface area contributed by atoms with Gasteiger partial charge in [-0.25, -0.2) is 4.79 Å². The van der Waals surface area contributed by atoms with Gasteiger partial charge in [-0.15, -0.1) is 26.3 Å². The first-order valence-corrected chi connectivity index (χ1v) is 2.53. The SMILES string of the molecule is C=C.C=COC(=O)OC(F)(F)F. The molecule has 0 fully saturated rings. The average Bonchev–Trinajstić information content (AvgIpc) is 1.88. The molecule has 12 heavy (non-hydrogen) atoms. The predicted octanol–water partition coefficient (Wildman–Crippen LogP) is 2.61. The van der Waals surface area contributed by atoms with Crippen molar-refractivity contribution in [2.24, 2.45) is 0 Å². The Balaban J connectivity index is 0.